The Hall–Kier alpha value is -0.800. The molecule has 11 heavy (non-hydrogen) atoms. The second kappa shape index (κ2) is 3.55. The second-order valence-corrected chi connectivity index (χ2v) is 2.51. The number of pyridine rings is 1. The van der Waals surface area contributed by atoms with Crippen molar-refractivity contribution in [2.45, 2.75) is 6.73 Å². The highest BCUT2D eigenvalue weighted by molar-refractivity contribution is 6.30. The van der Waals surface area contributed by atoms with E-state index < -0.39 is 0 Å². The van der Waals surface area contributed by atoms with E-state index in [1.807, 2.05) is 0 Å². The molecule has 0 spiro atoms. The zero-order valence-electron chi connectivity index (χ0n) is 6.08. The van der Waals surface area contributed by atoms with E-state index >= 15 is 0 Å². The molecule has 1 heterocycles. The molecule has 0 radical (unpaired) electrons. The molecular weight excluding hydrogens is 166 g/mol. The number of aromatic nitrogens is 1. The van der Waals surface area contributed by atoms with Crippen molar-refractivity contribution in [3.8, 4) is 0 Å². The van der Waals surface area contributed by atoms with Crippen LogP contribution in [0.4, 0.5) is 0 Å². The summed E-state index contributed by atoms with van der Waals surface area (Å²) in [4.78, 5) is 11.0. The van der Waals surface area contributed by atoms with Gasteiger partial charge in [0.1, 0.15) is 6.73 Å². The van der Waals surface area contributed by atoms with Gasteiger partial charge in [-0.05, 0) is 6.07 Å². The Morgan fingerprint density at radius 1 is 1.64 bits per heavy atom. The lowest BCUT2D eigenvalue weighted by Gasteiger charge is -2.02. The van der Waals surface area contributed by atoms with Gasteiger partial charge in [-0.3, -0.25) is 9.36 Å². The Morgan fingerprint density at radius 3 is 3.00 bits per heavy atom. The quantitative estimate of drug-likeness (QED) is 0.671. The van der Waals surface area contributed by atoms with Gasteiger partial charge in [0.2, 0.25) is 0 Å². The van der Waals surface area contributed by atoms with E-state index in [4.69, 9.17) is 16.3 Å². The number of halogens is 1. The molecule has 0 atom stereocenters. The standard InChI is InChI=1S/C7H8ClNO2/c1-11-5-9-4-6(8)2-3-7(9)10/h2-4H,5H2,1H3. The molecule has 0 aliphatic rings. The first-order valence-corrected chi connectivity index (χ1v) is 3.47. The number of hydrogen-bond acceptors (Lipinski definition) is 2. The van der Waals surface area contributed by atoms with Crippen molar-refractivity contribution in [3.05, 3.63) is 33.7 Å². The summed E-state index contributed by atoms with van der Waals surface area (Å²) >= 11 is 5.64. The number of rotatable bonds is 2. The molecule has 1 rings (SSSR count). The number of hydrogen-bond donors (Lipinski definition) is 0. The monoisotopic (exact) mass is 173 g/mol. The minimum atomic E-state index is -0.115. The fraction of sp³-hybridized carbons (Fsp3) is 0.286. The van der Waals surface area contributed by atoms with Crippen molar-refractivity contribution in [1.82, 2.24) is 4.57 Å². The lowest BCUT2D eigenvalue weighted by molar-refractivity contribution is 0.128. The summed E-state index contributed by atoms with van der Waals surface area (Å²) in [6.45, 7) is 0.236. The third-order valence-corrected chi connectivity index (χ3v) is 1.44. The van der Waals surface area contributed by atoms with Gasteiger partial charge < -0.3 is 4.74 Å². The van der Waals surface area contributed by atoms with Crippen molar-refractivity contribution >= 4 is 11.6 Å². The van der Waals surface area contributed by atoms with Gasteiger partial charge in [0.15, 0.2) is 0 Å². The summed E-state index contributed by atoms with van der Waals surface area (Å²) in [7, 11) is 1.52. The van der Waals surface area contributed by atoms with E-state index in [9.17, 15) is 4.79 Å². The van der Waals surface area contributed by atoms with Crippen molar-refractivity contribution < 1.29 is 4.74 Å². The molecule has 0 aliphatic heterocycles. The molecule has 0 aromatic carbocycles. The maximum absolute atomic E-state index is 11.0. The van der Waals surface area contributed by atoms with Crippen LogP contribution in [0.2, 0.25) is 5.02 Å². The van der Waals surface area contributed by atoms with Gasteiger partial charge in [-0.15, -0.1) is 0 Å². The van der Waals surface area contributed by atoms with Gasteiger partial charge in [0, 0.05) is 19.4 Å². The fourth-order valence-corrected chi connectivity index (χ4v) is 0.923. The molecule has 60 valence electrons. The van der Waals surface area contributed by atoms with E-state index in [0.717, 1.165) is 0 Å². The molecule has 0 bridgehead atoms. The van der Waals surface area contributed by atoms with Gasteiger partial charge in [0.05, 0.1) is 5.02 Å². The third-order valence-electron chi connectivity index (χ3n) is 1.22. The molecule has 0 aliphatic carbocycles. The lowest BCUT2D eigenvalue weighted by Crippen LogP contribution is -2.18. The van der Waals surface area contributed by atoms with E-state index in [-0.39, 0.29) is 12.3 Å². The van der Waals surface area contributed by atoms with Crippen LogP contribution >= 0.6 is 11.6 Å². The zero-order valence-corrected chi connectivity index (χ0v) is 6.84. The molecule has 1 aromatic rings. The van der Waals surface area contributed by atoms with Crippen LogP contribution < -0.4 is 5.56 Å². The van der Waals surface area contributed by atoms with E-state index in [2.05, 4.69) is 0 Å². The summed E-state index contributed by atoms with van der Waals surface area (Å²) < 4.78 is 6.16. The summed E-state index contributed by atoms with van der Waals surface area (Å²) in [5.41, 5.74) is -0.115. The van der Waals surface area contributed by atoms with Crippen LogP contribution in [0.15, 0.2) is 23.1 Å². The predicted molar refractivity (Wildman–Crippen MR) is 42.7 cm³/mol. The molecular formula is C7H8ClNO2. The molecule has 0 saturated carbocycles. The van der Waals surface area contributed by atoms with Crippen LogP contribution in [0, 0.1) is 0 Å². The second-order valence-electron chi connectivity index (χ2n) is 2.07. The minimum absolute atomic E-state index is 0.115. The van der Waals surface area contributed by atoms with Crippen molar-refractivity contribution in [1.29, 1.82) is 0 Å². The highest BCUT2D eigenvalue weighted by atomic mass is 35.5. The molecule has 0 N–H and O–H groups in total. The fourth-order valence-electron chi connectivity index (χ4n) is 0.742. The van der Waals surface area contributed by atoms with E-state index in [1.165, 1.54) is 23.9 Å². The van der Waals surface area contributed by atoms with Gasteiger partial charge in [0.25, 0.3) is 5.56 Å². The lowest BCUT2D eigenvalue weighted by atomic mass is 10.5. The van der Waals surface area contributed by atoms with E-state index in [0.29, 0.717) is 5.02 Å². The number of methoxy groups -OCH3 is 1. The number of nitrogens with zero attached hydrogens (tertiary/aromatic N) is 1. The van der Waals surface area contributed by atoms with Crippen molar-refractivity contribution in [2.75, 3.05) is 7.11 Å². The summed E-state index contributed by atoms with van der Waals surface area (Å²) in [6, 6.07) is 2.96. The summed E-state index contributed by atoms with van der Waals surface area (Å²) in [6.07, 6.45) is 1.54. The average molecular weight is 174 g/mol. The Morgan fingerprint density at radius 2 is 2.36 bits per heavy atom. The largest absolute Gasteiger partial charge is 0.364 e. The highest BCUT2D eigenvalue weighted by Gasteiger charge is 1.94. The van der Waals surface area contributed by atoms with Gasteiger partial charge in [-0.2, -0.15) is 0 Å². The number of ether oxygens (including phenoxy) is 1. The average Bonchev–Trinajstić information content (AvgIpc) is 1.98. The van der Waals surface area contributed by atoms with Crippen LogP contribution in [-0.2, 0) is 11.5 Å². The Labute approximate surface area is 69.2 Å². The van der Waals surface area contributed by atoms with Crippen LogP contribution in [-0.4, -0.2) is 11.7 Å². The first kappa shape index (κ1) is 8.30. The first-order valence-electron chi connectivity index (χ1n) is 3.09. The molecule has 3 nitrogen and oxygen atoms in total. The van der Waals surface area contributed by atoms with Crippen molar-refractivity contribution in [3.63, 3.8) is 0 Å². The molecule has 1 aromatic heterocycles. The Kier molecular flexibility index (Phi) is 2.68. The maximum atomic E-state index is 11.0. The smallest absolute Gasteiger partial charge is 0.252 e. The van der Waals surface area contributed by atoms with Crippen molar-refractivity contribution in [2.24, 2.45) is 0 Å². The van der Waals surface area contributed by atoms with Gasteiger partial charge in [-0.25, -0.2) is 0 Å². The Balaban J connectivity index is 3.03. The van der Waals surface area contributed by atoms with Crippen LogP contribution in [0.3, 0.4) is 0 Å². The zero-order chi connectivity index (χ0) is 8.27. The summed E-state index contributed by atoms with van der Waals surface area (Å²) in [5, 5.41) is 0.529. The van der Waals surface area contributed by atoms with E-state index in [1.54, 1.807) is 6.07 Å². The van der Waals surface area contributed by atoms with Crippen LogP contribution in [0.1, 0.15) is 0 Å². The third kappa shape index (κ3) is 2.06. The molecule has 0 saturated heterocycles. The molecule has 0 fully saturated rings. The normalized spacial score (nSPS) is 10.0. The first-order chi connectivity index (χ1) is 5.24. The summed E-state index contributed by atoms with van der Waals surface area (Å²) in [5.74, 6) is 0. The SMILES string of the molecule is COCn1cc(Cl)ccc1=O. The maximum Gasteiger partial charge on any atom is 0.252 e. The topological polar surface area (TPSA) is 31.2 Å². The van der Waals surface area contributed by atoms with Gasteiger partial charge in [-0.1, -0.05) is 11.6 Å². The molecule has 4 heteroatoms. The predicted octanol–water partition coefficient (Wildman–Crippen LogP) is 1.11. The van der Waals surface area contributed by atoms with Crippen LogP contribution in [0.5, 0.6) is 0 Å². The Bertz CT molecular complexity index is 295. The highest BCUT2D eigenvalue weighted by Crippen LogP contribution is 2.02. The molecule has 0 unspecified atom stereocenters. The van der Waals surface area contributed by atoms with Crippen LogP contribution in [0.25, 0.3) is 0 Å². The minimum Gasteiger partial charge on any atom is -0.364 e. The molecule has 0 amide bonds. The van der Waals surface area contributed by atoms with Gasteiger partial charge >= 0.3 is 0 Å².